The molecule has 1 unspecified atom stereocenters. The Morgan fingerprint density at radius 1 is 0.521 bits per heavy atom. The van der Waals surface area contributed by atoms with Crippen LogP contribution in [0.4, 0.5) is 0 Å². The molecular weight excluding hydrogens is 587 g/mol. The van der Waals surface area contributed by atoms with Crippen molar-refractivity contribution >= 4 is 11.7 Å². The maximum absolute atomic E-state index is 12.6. The maximum Gasteiger partial charge on any atom is 0.246 e. The molecule has 2 N–H and O–H groups in total. The van der Waals surface area contributed by atoms with E-state index < -0.39 is 0 Å². The summed E-state index contributed by atoms with van der Waals surface area (Å²) in [6.07, 6.45) is 49.4. The second-order valence-electron chi connectivity index (χ2n) is 15.6. The number of hydrogen-bond acceptors (Lipinski definition) is 2. The van der Waals surface area contributed by atoms with Crippen LogP contribution >= 0.6 is 0 Å². The molecular formula is C44H88N3O+. The van der Waals surface area contributed by atoms with Gasteiger partial charge in [0.25, 0.3) is 0 Å². The van der Waals surface area contributed by atoms with Gasteiger partial charge in [-0.25, -0.2) is 4.58 Å². The van der Waals surface area contributed by atoms with Crippen LogP contribution in [0.1, 0.15) is 252 Å². The van der Waals surface area contributed by atoms with E-state index in [0.717, 1.165) is 25.9 Å². The second-order valence-corrected chi connectivity index (χ2v) is 15.6. The van der Waals surface area contributed by atoms with Gasteiger partial charge in [0.15, 0.2) is 6.17 Å². The van der Waals surface area contributed by atoms with Crippen LogP contribution in [0.2, 0.25) is 0 Å². The van der Waals surface area contributed by atoms with Crippen LogP contribution in [0, 0.1) is 0 Å². The third-order valence-corrected chi connectivity index (χ3v) is 10.9. The van der Waals surface area contributed by atoms with Crippen molar-refractivity contribution in [2.24, 2.45) is 0 Å². The van der Waals surface area contributed by atoms with Crippen LogP contribution < -0.4 is 10.6 Å². The highest BCUT2D eigenvalue weighted by Gasteiger charge is 2.25. The van der Waals surface area contributed by atoms with Crippen LogP contribution in [0.5, 0.6) is 0 Å². The normalized spacial score (nSPS) is 13.7. The summed E-state index contributed by atoms with van der Waals surface area (Å²) in [5, 5.41) is 6.90. The fraction of sp³-hybridized carbons (Fsp3) is 0.955. The van der Waals surface area contributed by atoms with Gasteiger partial charge in [0.2, 0.25) is 11.7 Å². The van der Waals surface area contributed by atoms with Gasteiger partial charge in [0.05, 0.1) is 0 Å². The van der Waals surface area contributed by atoms with Gasteiger partial charge >= 0.3 is 0 Å². The smallest absolute Gasteiger partial charge is 0.246 e. The molecule has 4 nitrogen and oxygen atoms in total. The number of hydrogen-bond donors (Lipinski definition) is 2. The Hall–Kier alpha value is -1.06. The Morgan fingerprint density at radius 2 is 0.833 bits per heavy atom. The average Bonchev–Trinajstić information content (AvgIpc) is 3.56. The Labute approximate surface area is 302 Å². The molecule has 1 aliphatic heterocycles. The number of rotatable bonds is 38. The minimum Gasteiger partial charge on any atom is -0.318 e. The summed E-state index contributed by atoms with van der Waals surface area (Å²) in [6, 6.07) is 0. The van der Waals surface area contributed by atoms with Crippen LogP contribution in [-0.4, -0.2) is 35.6 Å². The van der Waals surface area contributed by atoms with Gasteiger partial charge in [-0.15, -0.1) is 0 Å². The van der Waals surface area contributed by atoms with E-state index >= 15 is 0 Å². The standard InChI is InChI=1S/C44H87N3O/c1-4-6-8-10-12-14-16-18-20-22-23-24-26-28-30-32-34-36-38-43-45-40-41-47(43)42(3)46-44(48)39-37-35-33-31-29-27-25-21-19-17-15-13-11-9-7-5-2/h42H,4-41H2,1-3H3,(H,46,48)/p+1. The number of amidine groups is 1. The molecule has 0 aromatic carbocycles. The number of unbranched alkanes of at least 4 members (excludes halogenated alkanes) is 32. The van der Waals surface area contributed by atoms with E-state index in [1.807, 2.05) is 0 Å². The maximum atomic E-state index is 12.6. The van der Waals surface area contributed by atoms with Crippen molar-refractivity contribution < 1.29 is 9.37 Å². The highest BCUT2D eigenvalue weighted by Crippen LogP contribution is 2.16. The van der Waals surface area contributed by atoms with Crippen molar-refractivity contribution in [2.45, 2.75) is 258 Å². The zero-order valence-electron chi connectivity index (χ0n) is 33.3. The first kappa shape index (κ1) is 45.0. The summed E-state index contributed by atoms with van der Waals surface area (Å²) >= 11 is 0. The Morgan fingerprint density at radius 3 is 1.19 bits per heavy atom. The summed E-state index contributed by atoms with van der Waals surface area (Å²) in [7, 11) is 0. The number of carbonyl (C=O) groups excluding carboxylic acids is 1. The molecule has 0 aromatic heterocycles. The third kappa shape index (κ3) is 28.7. The second kappa shape index (κ2) is 35.8. The largest absolute Gasteiger partial charge is 0.318 e. The van der Waals surface area contributed by atoms with Crippen molar-refractivity contribution in [2.75, 3.05) is 13.1 Å². The Bertz CT molecular complexity index is 720. The van der Waals surface area contributed by atoms with Crippen molar-refractivity contribution in [1.82, 2.24) is 10.6 Å². The van der Waals surface area contributed by atoms with E-state index in [0.29, 0.717) is 6.42 Å². The summed E-state index contributed by atoms with van der Waals surface area (Å²) in [6.45, 7) is 8.77. The molecule has 1 atom stereocenters. The molecule has 48 heavy (non-hydrogen) atoms. The van der Waals surface area contributed by atoms with E-state index in [2.05, 4.69) is 36.0 Å². The molecule has 0 aliphatic carbocycles. The van der Waals surface area contributed by atoms with Crippen molar-refractivity contribution in [3.05, 3.63) is 0 Å². The van der Waals surface area contributed by atoms with Gasteiger partial charge in [0, 0.05) is 12.8 Å². The Balaban J connectivity index is 1.92. The van der Waals surface area contributed by atoms with Gasteiger partial charge in [-0.1, -0.05) is 219 Å². The molecule has 0 radical (unpaired) electrons. The summed E-state index contributed by atoms with van der Waals surface area (Å²) in [5.41, 5.74) is 0. The molecule has 0 saturated carbocycles. The van der Waals surface area contributed by atoms with Gasteiger partial charge in [-0.3, -0.25) is 10.1 Å². The molecule has 4 heteroatoms. The van der Waals surface area contributed by atoms with Crippen molar-refractivity contribution in [3.8, 4) is 0 Å². The summed E-state index contributed by atoms with van der Waals surface area (Å²) in [5.74, 6) is 1.58. The van der Waals surface area contributed by atoms with E-state index in [1.165, 1.54) is 218 Å². The molecule has 0 bridgehead atoms. The minimum atomic E-state index is 0.0964. The molecule has 1 heterocycles. The fourth-order valence-electron chi connectivity index (χ4n) is 7.63. The minimum absolute atomic E-state index is 0.0964. The quantitative estimate of drug-likeness (QED) is 0.0506. The molecule has 0 spiro atoms. The van der Waals surface area contributed by atoms with E-state index in [1.54, 1.807) is 0 Å². The van der Waals surface area contributed by atoms with Gasteiger partial charge in [-0.2, -0.15) is 0 Å². The Kier molecular flexibility index (Phi) is 33.5. The van der Waals surface area contributed by atoms with E-state index in [-0.39, 0.29) is 12.1 Å². The van der Waals surface area contributed by atoms with Crippen LogP contribution in [0.15, 0.2) is 0 Å². The molecule has 0 fully saturated rings. The molecule has 1 rings (SSSR count). The lowest BCUT2D eigenvalue weighted by Gasteiger charge is -2.15. The SMILES string of the molecule is CCCCCCCCCCCCCCCCCCCCC1=[N+](C(C)NC(=O)CCCCCCCCCCCCCCCCCC)CCN1. The number of nitrogens with one attached hydrogen (secondary N) is 2. The van der Waals surface area contributed by atoms with E-state index in [9.17, 15) is 4.79 Å². The third-order valence-electron chi connectivity index (χ3n) is 10.9. The number of amides is 1. The van der Waals surface area contributed by atoms with E-state index in [4.69, 9.17) is 0 Å². The molecule has 1 aliphatic rings. The van der Waals surface area contributed by atoms with Crippen LogP contribution in [0.25, 0.3) is 0 Å². The molecule has 284 valence electrons. The number of nitrogens with zero attached hydrogens (tertiary/aromatic N) is 1. The van der Waals surface area contributed by atoms with Gasteiger partial charge in [0.1, 0.15) is 13.1 Å². The lowest BCUT2D eigenvalue weighted by Crippen LogP contribution is -2.42. The highest BCUT2D eigenvalue weighted by atomic mass is 16.1. The van der Waals surface area contributed by atoms with Crippen LogP contribution in [0.3, 0.4) is 0 Å². The molecule has 0 aromatic rings. The highest BCUT2D eigenvalue weighted by molar-refractivity contribution is 5.79. The van der Waals surface area contributed by atoms with Gasteiger partial charge < -0.3 is 5.32 Å². The zero-order chi connectivity index (χ0) is 34.6. The predicted molar refractivity (Wildman–Crippen MR) is 213 cm³/mol. The first-order valence-electron chi connectivity index (χ1n) is 22.3. The topological polar surface area (TPSA) is 44.1 Å². The predicted octanol–water partition coefficient (Wildman–Crippen LogP) is 13.5. The van der Waals surface area contributed by atoms with Crippen LogP contribution in [-0.2, 0) is 4.79 Å². The fourth-order valence-corrected chi connectivity index (χ4v) is 7.63. The number of carbonyl (C=O) groups is 1. The average molecular weight is 675 g/mol. The monoisotopic (exact) mass is 675 g/mol. The summed E-state index contributed by atoms with van der Waals surface area (Å²) < 4.78 is 2.40. The van der Waals surface area contributed by atoms with Gasteiger partial charge in [-0.05, 0) is 19.8 Å². The first-order valence-corrected chi connectivity index (χ1v) is 22.3. The zero-order valence-corrected chi connectivity index (χ0v) is 33.3. The first-order chi connectivity index (χ1) is 23.7. The lowest BCUT2D eigenvalue weighted by atomic mass is 10.0. The molecule has 0 saturated heterocycles. The van der Waals surface area contributed by atoms with Crippen molar-refractivity contribution in [3.63, 3.8) is 0 Å². The van der Waals surface area contributed by atoms with Crippen molar-refractivity contribution in [1.29, 1.82) is 0 Å². The molecule has 1 amide bonds. The lowest BCUT2D eigenvalue weighted by molar-refractivity contribution is -0.558. The summed E-state index contributed by atoms with van der Waals surface area (Å²) in [4.78, 5) is 12.6.